The Morgan fingerprint density at radius 1 is 1.35 bits per heavy atom. The first kappa shape index (κ1) is 13.5. The molecule has 2 aliphatic heterocycles. The van der Waals surface area contributed by atoms with Crippen LogP contribution in [0, 0.1) is 5.92 Å². The van der Waals surface area contributed by atoms with Gasteiger partial charge >= 0.3 is 0 Å². The van der Waals surface area contributed by atoms with Crippen LogP contribution >= 0.6 is 11.3 Å². The Labute approximate surface area is 123 Å². The third kappa shape index (κ3) is 2.68. The van der Waals surface area contributed by atoms with Crippen molar-refractivity contribution in [2.45, 2.75) is 45.1 Å². The molecule has 0 aromatic rings. The molecule has 0 spiro atoms. The van der Waals surface area contributed by atoms with E-state index in [0.29, 0.717) is 11.6 Å². The fourth-order valence-corrected chi connectivity index (χ4v) is 3.63. The minimum Gasteiger partial charge on any atom is -0.348 e. The van der Waals surface area contributed by atoms with Crippen molar-refractivity contribution in [3.63, 3.8) is 0 Å². The Kier molecular flexibility index (Phi) is 3.96. The molecule has 1 amide bonds. The summed E-state index contributed by atoms with van der Waals surface area (Å²) in [6.45, 7) is 2.11. The van der Waals surface area contributed by atoms with E-state index in [1.165, 1.54) is 32.1 Å². The van der Waals surface area contributed by atoms with Crippen molar-refractivity contribution in [3.05, 3.63) is 22.5 Å². The summed E-state index contributed by atoms with van der Waals surface area (Å²) in [5.74, 6) is 0.508. The quantitative estimate of drug-likeness (QED) is 0.942. The van der Waals surface area contributed by atoms with Crippen LogP contribution in [-0.2, 0) is 0 Å². The van der Waals surface area contributed by atoms with Crippen LogP contribution in [0.4, 0.5) is 0 Å². The Morgan fingerprint density at radius 3 is 2.95 bits per heavy atom. The number of rotatable bonds is 3. The molecule has 106 valence electrons. The van der Waals surface area contributed by atoms with Gasteiger partial charge in [0.25, 0.3) is 5.91 Å². The number of carbonyl (C=O) groups is 1. The van der Waals surface area contributed by atoms with Crippen molar-refractivity contribution in [2.24, 2.45) is 5.92 Å². The largest absolute Gasteiger partial charge is 0.348 e. The van der Waals surface area contributed by atoms with E-state index < -0.39 is 0 Å². The summed E-state index contributed by atoms with van der Waals surface area (Å²) < 4.78 is 0. The number of hydrogen-bond acceptors (Lipinski definition) is 4. The second-order valence-electron chi connectivity index (χ2n) is 5.56. The second-order valence-corrected chi connectivity index (χ2v) is 6.34. The molecule has 3 aliphatic rings. The molecule has 3 rings (SSSR count). The molecule has 0 aromatic carbocycles. The maximum Gasteiger partial charge on any atom is 0.272 e. The molecule has 0 radical (unpaired) electrons. The van der Waals surface area contributed by atoms with Gasteiger partial charge in [-0.3, -0.25) is 4.79 Å². The molecule has 5 heteroatoms. The number of carbonyl (C=O) groups excluding carboxylic acids is 1. The lowest BCUT2D eigenvalue weighted by molar-refractivity contribution is 0.0915. The highest BCUT2D eigenvalue weighted by atomic mass is 32.1. The summed E-state index contributed by atoms with van der Waals surface area (Å²) >= 11 is 1.56. The van der Waals surface area contributed by atoms with Gasteiger partial charge in [-0.2, -0.15) is 11.3 Å². The summed E-state index contributed by atoms with van der Waals surface area (Å²) in [5, 5.41) is 15.1. The van der Waals surface area contributed by atoms with Crippen LogP contribution < -0.4 is 5.32 Å². The monoisotopic (exact) mass is 289 g/mol. The highest BCUT2D eigenvalue weighted by molar-refractivity contribution is 7.07. The van der Waals surface area contributed by atoms with Gasteiger partial charge in [-0.15, -0.1) is 10.2 Å². The van der Waals surface area contributed by atoms with E-state index in [-0.39, 0.29) is 11.9 Å². The van der Waals surface area contributed by atoms with E-state index in [1.54, 1.807) is 11.3 Å². The molecule has 0 saturated heterocycles. The standard InChI is InChI=1S/C15H19N3OS/c1-10(11-5-3-2-4-6-11)16-15(19)14-12-9-20-8-7-13(12)17-18-14/h7-11H,2-6H2,1H3,(H,16,19)/t10-/m0/s1. The van der Waals surface area contributed by atoms with Gasteiger partial charge in [0.15, 0.2) is 5.69 Å². The Hall–Kier alpha value is -1.49. The van der Waals surface area contributed by atoms with Crippen LogP contribution in [0.5, 0.6) is 0 Å². The molecular weight excluding hydrogens is 270 g/mol. The second kappa shape index (κ2) is 5.87. The summed E-state index contributed by atoms with van der Waals surface area (Å²) in [6, 6.07) is 2.11. The highest BCUT2D eigenvalue weighted by Gasteiger charge is 2.25. The van der Waals surface area contributed by atoms with Crippen LogP contribution in [0.25, 0.3) is 11.3 Å². The summed E-state index contributed by atoms with van der Waals surface area (Å²) in [5.41, 5.74) is 2.10. The van der Waals surface area contributed by atoms with Gasteiger partial charge in [-0.05, 0) is 37.1 Å². The lowest BCUT2D eigenvalue weighted by Gasteiger charge is -2.28. The van der Waals surface area contributed by atoms with E-state index in [2.05, 4.69) is 22.4 Å². The molecular formula is C15H19N3OS. The zero-order chi connectivity index (χ0) is 13.9. The van der Waals surface area contributed by atoms with Gasteiger partial charge in [0, 0.05) is 17.0 Å². The fraction of sp³-hybridized carbons (Fsp3) is 0.533. The number of hydrogen-bond donors (Lipinski definition) is 1. The van der Waals surface area contributed by atoms with Gasteiger partial charge in [0.1, 0.15) is 0 Å². The first-order valence-electron chi connectivity index (χ1n) is 7.25. The normalized spacial score (nSPS) is 18.1. The summed E-state index contributed by atoms with van der Waals surface area (Å²) in [6.07, 6.45) is 6.34. The number of fused-ring (bicyclic) bond motifs is 1. The van der Waals surface area contributed by atoms with Crippen molar-refractivity contribution >= 4 is 17.2 Å². The first-order valence-corrected chi connectivity index (χ1v) is 8.19. The van der Waals surface area contributed by atoms with Crippen molar-refractivity contribution < 1.29 is 4.79 Å². The molecule has 1 saturated carbocycles. The van der Waals surface area contributed by atoms with Gasteiger partial charge in [0.05, 0.1) is 5.69 Å². The molecule has 0 aromatic heterocycles. The Balaban J connectivity index is 1.70. The van der Waals surface area contributed by atoms with Crippen LogP contribution in [0.2, 0.25) is 0 Å². The van der Waals surface area contributed by atoms with E-state index in [1.807, 2.05) is 16.8 Å². The van der Waals surface area contributed by atoms with E-state index in [9.17, 15) is 4.79 Å². The molecule has 1 fully saturated rings. The number of aromatic nitrogens is 2. The summed E-state index contributed by atoms with van der Waals surface area (Å²) in [7, 11) is 0. The highest BCUT2D eigenvalue weighted by Crippen LogP contribution is 2.27. The van der Waals surface area contributed by atoms with Crippen LogP contribution in [0.3, 0.4) is 0 Å². The molecule has 1 aliphatic carbocycles. The van der Waals surface area contributed by atoms with E-state index >= 15 is 0 Å². The minimum atomic E-state index is -0.0935. The van der Waals surface area contributed by atoms with Crippen molar-refractivity contribution in [1.29, 1.82) is 0 Å². The fourth-order valence-electron chi connectivity index (χ4n) is 2.98. The van der Waals surface area contributed by atoms with Crippen LogP contribution in [0.1, 0.15) is 49.5 Å². The maximum atomic E-state index is 12.4. The third-order valence-electron chi connectivity index (χ3n) is 4.21. The zero-order valence-corrected chi connectivity index (χ0v) is 12.4. The smallest absolute Gasteiger partial charge is 0.272 e. The van der Waals surface area contributed by atoms with Gasteiger partial charge in [-0.25, -0.2) is 0 Å². The molecule has 4 nitrogen and oxygen atoms in total. The summed E-state index contributed by atoms with van der Waals surface area (Å²) in [4.78, 5) is 12.4. The zero-order valence-electron chi connectivity index (χ0n) is 11.6. The lowest BCUT2D eigenvalue weighted by atomic mass is 9.84. The maximum absolute atomic E-state index is 12.4. The predicted molar refractivity (Wildman–Crippen MR) is 80.0 cm³/mol. The van der Waals surface area contributed by atoms with Crippen LogP contribution in [0.15, 0.2) is 16.8 Å². The van der Waals surface area contributed by atoms with Crippen LogP contribution in [-0.4, -0.2) is 22.1 Å². The van der Waals surface area contributed by atoms with Crippen molar-refractivity contribution in [2.75, 3.05) is 0 Å². The Bertz CT molecular complexity index is 562. The van der Waals surface area contributed by atoms with E-state index in [0.717, 1.165) is 11.3 Å². The Morgan fingerprint density at radius 2 is 2.15 bits per heavy atom. The molecule has 1 atom stereocenters. The molecule has 0 bridgehead atoms. The average Bonchev–Trinajstić information content (AvgIpc) is 2.92. The van der Waals surface area contributed by atoms with Crippen molar-refractivity contribution in [3.8, 4) is 11.3 Å². The molecule has 1 N–H and O–H groups in total. The van der Waals surface area contributed by atoms with Gasteiger partial charge < -0.3 is 5.32 Å². The topological polar surface area (TPSA) is 54.9 Å². The third-order valence-corrected chi connectivity index (χ3v) is 4.87. The minimum absolute atomic E-state index is 0.0935. The SMILES string of the molecule is C[C@H](NC(=O)c1nnc2ccscc1-2)C1CCCCC1. The lowest BCUT2D eigenvalue weighted by Crippen LogP contribution is -2.39. The molecule has 20 heavy (non-hydrogen) atoms. The van der Waals surface area contributed by atoms with E-state index in [4.69, 9.17) is 0 Å². The molecule has 0 unspecified atom stereocenters. The van der Waals surface area contributed by atoms with Gasteiger partial charge in [-0.1, -0.05) is 19.3 Å². The number of nitrogens with one attached hydrogen (secondary N) is 1. The van der Waals surface area contributed by atoms with Gasteiger partial charge in [0.2, 0.25) is 0 Å². The predicted octanol–water partition coefficient (Wildman–Crippen LogP) is 3.34. The molecule has 2 heterocycles. The van der Waals surface area contributed by atoms with Crippen molar-refractivity contribution in [1.82, 2.24) is 15.5 Å². The average molecular weight is 289 g/mol. The number of nitrogens with zero attached hydrogens (tertiary/aromatic N) is 2. The number of amides is 1. The first-order chi connectivity index (χ1) is 9.75.